The number of methoxy groups -OCH3 is 6. The van der Waals surface area contributed by atoms with Gasteiger partial charge in [0.1, 0.15) is 18.0 Å². The Bertz CT molecular complexity index is 1580. The molecule has 0 bridgehead atoms. The average Bonchev–Trinajstić information content (AvgIpc) is 3.42. The van der Waals surface area contributed by atoms with E-state index < -0.39 is 24.1 Å². The Kier molecular flexibility index (Phi) is 8.91. The topological polar surface area (TPSA) is 118 Å². The lowest BCUT2D eigenvalue weighted by Crippen LogP contribution is -2.58. The first kappa shape index (κ1) is 31.5. The normalized spacial score (nSPS) is 25.8. The molecule has 3 aliphatic rings. The van der Waals surface area contributed by atoms with Crippen LogP contribution in [0, 0.1) is 17.8 Å². The van der Waals surface area contributed by atoms with Gasteiger partial charge in [0, 0.05) is 42.9 Å². The molecule has 3 heterocycles. The van der Waals surface area contributed by atoms with Gasteiger partial charge in [-0.1, -0.05) is 0 Å². The van der Waals surface area contributed by atoms with Crippen LogP contribution in [0.1, 0.15) is 40.5 Å². The largest absolute Gasteiger partial charge is 0.495 e. The van der Waals surface area contributed by atoms with E-state index in [1.165, 1.54) is 45.1 Å². The number of fused-ring (bicyclic) bond motifs is 6. The number of ether oxygens (including phenoxy) is 7. The number of nitrogens with zero attached hydrogens (tertiary/aromatic N) is 1. The summed E-state index contributed by atoms with van der Waals surface area (Å²) in [5.74, 6) is 0.355. The third-order valence-electron chi connectivity index (χ3n) is 9.83. The molecule has 6 atom stereocenters. The number of esters is 2. The zero-order valence-corrected chi connectivity index (χ0v) is 27.9. The summed E-state index contributed by atoms with van der Waals surface area (Å²) in [6.07, 6.45) is 0.863. The second-order valence-electron chi connectivity index (χ2n) is 11.8. The summed E-state index contributed by atoms with van der Waals surface area (Å²) in [7, 11) is 9.08. The number of carbonyl (C=O) groups is 2. The van der Waals surface area contributed by atoms with Crippen molar-refractivity contribution in [3.8, 4) is 23.0 Å². The third kappa shape index (κ3) is 5.40. The van der Waals surface area contributed by atoms with Gasteiger partial charge in [0.2, 0.25) is 5.75 Å². The molecule has 3 aromatic rings. The zero-order valence-electron chi connectivity index (χ0n) is 26.3. The quantitative estimate of drug-likeness (QED) is 0.327. The minimum Gasteiger partial charge on any atom is -0.495 e. The highest BCUT2D eigenvalue weighted by Crippen LogP contribution is 2.51. The van der Waals surface area contributed by atoms with E-state index in [-0.39, 0.29) is 29.4 Å². The highest BCUT2D eigenvalue weighted by atomic mass is 79.9. The Balaban J connectivity index is 1.30. The van der Waals surface area contributed by atoms with Crippen LogP contribution in [0.5, 0.6) is 23.0 Å². The van der Waals surface area contributed by atoms with E-state index in [4.69, 9.17) is 33.2 Å². The van der Waals surface area contributed by atoms with E-state index in [9.17, 15) is 9.59 Å². The molecular formula is C33H39BrN2O9. The van der Waals surface area contributed by atoms with Crippen molar-refractivity contribution >= 4 is 38.8 Å². The van der Waals surface area contributed by atoms with E-state index in [1.54, 1.807) is 26.4 Å². The van der Waals surface area contributed by atoms with Gasteiger partial charge in [-0.15, -0.1) is 0 Å². The van der Waals surface area contributed by atoms with Gasteiger partial charge < -0.3 is 38.1 Å². The molecule has 0 spiro atoms. The van der Waals surface area contributed by atoms with E-state index in [0.717, 1.165) is 41.7 Å². The molecule has 45 heavy (non-hydrogen) atoms. The summed E-state index contributed by atoms with van der Waals surface area (Å²) in [6, 6.07) is 7.37. The monoisotopic (exact) mass is 686 g/mol. The number of carbonyl (C=O) groups excluding carboxylic acids is 2. The fourth-order valence-electron chi connectivity index (χ4n) is 7.81. The van der Waals surface area contributed by atoms with Gasteiger partial charge in [-0.05, 0) is 70.8 Å². The minimum absolute atomic E-state index is 0.0292. The van der Waals surface area contributed by atoms with Gasteiger partial charge in [-0.3, -0.25) is 9.69 Å². The molecule has 12 heteroatoms. The fraction of sp³-hybridized carbons (Fsp3) is 0.515. The van der Waals surface area contributed by atoms with Crippen LogP contribution in [-0.2, 0) is 25.4 Å². The second-order valence-corrected chi connectivity index (χ2v) is 12.7. The fourth-order valence-corrected chi connectivity index (χ4v) is 8.31. The van der Waals surface area contributed by atoms with Crippen LogP contribution < -0.4 is 18.9 Å². The number of aromatic nitrogens is 1. The first-order valence-corrected chi connectivity index (χ1v) is 15.8. The molecule has 1 aromatic heterocycles. The second kappa shape index (κ2) is 12.7. The standard InChI is InChI=1S/C33H39BrN2O9/c1-39-24-14-22-20(12-21(24)34)18-7-8-36-15-17-11-27(45-32(37)16-9-25(40-2)30(42-4)26(10-16)41-3)31(43-5)28(33(38)44-6)19(17)13-23(36)29(18)35-22/h9-10,12,14,17,19,23,27-28,31,35H,7-8,11,13,15H2,1-6H3/t17-,19-,23-,27-,28-,31+/m0/s1. The van der Waals surface area contributed by atoms with Crippen LogP contribution in [0.2, 0.25) is 0 Å². The van der Waals surface area contributed by atoms with Crippen molar-refractivity contribution in [2.75, 3.05) is 55.7 Å². The molecule has 2 aliphatic heterocycles. The van der Waals surface area contributed by atoms with Crippen molar-refractivity contribution in [2.45, 2.75) is 37.5 Å². The van der Waals surface area contributed by atoms with Crippen molar-refractivity contribution in [2.24, 2.45) is 17.8 Å². The molecule has 242 valence electrons. The smallest absolute Gasteiger partial charge is 0.338 e. The molecular weight excluding hydrogens is 648 g/mol. The Hall–Kier alpha value is -3.48. The van der Waals surface area contributed by atoms with Crippen molar-refractivity contribution in [3.63, 3.8) is 0 Å². The molecule has 1 aliphatic carbocycles. The summed E-state index contributed by atoms with van der Waals surface area (Å²) < 4.78 is 40.1. The molecule has 1 saturated heterocycles. The lowest BCUT2D eigenvalue weighted by molar-refractivity contribution is -0.176. The molecule has 0 amide bonds. The lowest BCUT2D eigenvalue weighted by atomic mass is 9.63. The molecule has 1 N–H and O–H groups in total. The minimum atomic E-state index is -0.678. The van der Waals surface area contributed by atoms with E-state index in [2.05, 4.69) is 31.9 Å². The number of H-pyrrole nitrogens is 1. The van der Waals surface area contributed by atoms with Gasteiger partial charge in [0.05, 0.1) is 57.5 Å². The molecule has 0 radical (unpaired) electrons. The van der Waals surface area contributed by atoms with Crippen molar-refractivity contribution in [3.05, 3.63) is 45.6 Å². The lowest BCUT2D eigenvalue weighted by Gasteiger charge is -2.52. The predicted octanol–water partition coefficient (Wildman–Crippen LogP) is 4.93. The van der Waals surface area contributed by atoms with E-state index in [0.29, 0.717) is 23.7 Å². The highest BCUT2D eigenvalue weighted by Gasteiger charge is 2.54. The Morgan fingerprint density at radius 2 is 1.62 bits per heavy atom. The summed E-state index contributed by atoms with van der Waals surface area (Å²) in [4.78, 5) is 33.2. The third-order valence-corrected chi connectivity index (χ3v) is 10.4. The molecule has 6 rings (SSSR count). The number of hydrogen-bond donors (Lipinski definition) is 1. The number of hydrogen-bond acceptors (Lipinski definition) is 10. The number of halogens is 1. The molecule has 1 saturated carbocycles. The van der Waals surface area contributed by atoms with Crippen molar-refractivity contribution in [1.82, 2.24) is 9.88 Å². The van der Waals surface area contributed by atoms with Crippen LogP contribution in [0.3, 0.4) is 0 Å². The summed E-state index contributed by atoms with van der Waals surface area (Å²) >= 11 is 3.64. The Morgan fingerprint density at radius 1 is 0.911 bits per heavy atom. The maximum Gasteiger partial charge on any atom is 0.338 e. The molecule has 11 nitrogen and oxygen atoms in total. The Morgan fingerprint density at radius 3 is 2.24 bits per heavy atom. The SMILES string of the molecule is COC(=O)[C@H]1[C@H]2C[C@H]3c4[nH]c5cc(OC)c(Br)cc5c4CCN3C[C@@H]2C[C@H](OC(=O)c2cc(OC)c(OC)c(OC)c2)[C@H]1OC. The summed E-state index contributed by atoms with van der Waals surface area (Å²) in [5, 5.41) is 1.18. The first-order chi connectivity index (χ1) is 21.8. The van der Waals surface area contributed by atoms with Gasteiger partial charge >= 0.3 is 11.9 Å². The maximum atomic E-state index is 13.6. The average molecular weight is 688 g/mol. The zero-order chi connectivity index (χ0) is 32.0. The molecule has 2 fully saturated rings. The van der Waals surface area contributed by atoms with E-state index in [1.807, 2.05) is 6.07 Å². The number of piperidine rings is 1. The predicted molar refractivity (Wildman–Crippen MR) is 168 cm³/mol. The van der Waals surface area contributed by atoms with Gasteiger partial charge in [-0.25, -0.2) is 4.79 Å². The summed E-state index contributed by atoms with van der Waals surface area (Å²) in [6.45, 7) is 1.66. The van der Waals surface area contributed by atoms with Crippen molar-refractivity contribution in [1.29, 1.82) is 0 Å². The van der Waals surface area contributed by atoms with Crippen molar-refractivity contribution < 1.29 is 42.7 Å². The maximum absolute atomic E-state index is 13.6. The van der Waals surface area contributed by atoms with Crippen LogP contribution in [0.15, 0.2) is 28.7 Å². The number of nitrogens with one attached hydrogen (secondary N) is 1. The molecule has 0 unspecified atom stereocenters. The Labute approximate surface area is 270 Å². The number of benzene rings is 2. The molecule has 2 aromatic carbocycles. The van der Waals surface area contributed by atoms with Crippen LogP contribution in [0.25, 0.3) is 10.9 Å². The highest BCUT2D eigenvalue weighted by molar-refractivity contribution is 9.10. The number of rotatable bonds is 8. The first-order valence-electron chi connectivity index (χ1n) is 15.0. The summed E-state index contributed by atoms with van der Waals surface area (Å²) in [5.41, 5.74) is 3.76. The van der Waals surface area contributed by atoms with Crippen LogP contribution in [-0.4, -0.2) is 89.8 Å². The van der Waals surface area contributed by atoms with Crippen LogP contribution >= 0.6 is 15.9 Å². The van der Waals surface area contributed by atoms with Gasteiger partial charge in [-0.2, -0.15) is 0 Å². The van der Waals surface area contributed by atoms with Gasteiger partial charge in [0.15, 0.2) is 11.5 Å². The van der Waals surface area contributed by atoms with Gasteiger partial charge in [0.25, 0.3) is 0 Å². The van der Waals surface area contributed by atoms with E-state index >= 15 is 0 Å². The van der Waals surface area contributed by atoms with Crippen LogP contribution in [0.4, 0.5) is 0 Å². The number of aromatic amines is 1.